The van der Waals surface area contributed by atoms with Crippen molar-refractivity contribution >= 4 is 22.7 Å². The Hall–Kier alpha value is -3.30. The number of carbonyl (C=O) groups is 2. The molecule has 1 aliphatic rings. The lowest BCUT2D eigenvalue weighted by atomic mass is 9.96. The Kier molecular flexibility index (Phi) is 6.14. The Morgan fingerprint density at radius 2 is 1.67 bits per heavy atom. The summed E-state index contributed by atoms with van der Waals surface area (Å²) in [6.07, 6.45) is 0.992. The minimum absolute atomic E-state index is 0.167. The largest absolute Gasteiger partial charge is 0.493 e. The number of piperidine rings is 1. The fraction of sp³-hybridized carbons (Fsp3) is 0.500. The quantitative estimate of drug-likeness (QED) is 0.700. The van der Waals surface area contributed by atoms with Crippen LogP contribution in [0.5, 0.6) is 11.5 Å². The Bertz CT molecular complexity index is 1100. The fourth-order valence-electron chi connectivity index (χ4n) is 3.82. The number of hydrogen-bond donors (Lipinski definition) is 1. The highest BCUT2D eigenvalue weighted by atomic mass is 16.5. The maximum Gasteiger partial charge on any atom is 0.331 e. The summed E-state index contributed by atoms with van der Waals surface area (Å²) < 4.78 is 12.9. The third-order valence-corrected chi connectivity index (χ3v) is 5.59. The second kappa shape index (κ2) is 8.60. The third-order valence-electron chi connectivity index (χ3n) is 5.59. The van der Waals surface area contributed by atoms with Crippen molar-refractivity contribution in [2.45, 2.75) is 32.9 Å². The maximum atomic E-state index is 13.0. The van der Waals surface area contributed by atoms with Gasteiger partial charge in [0.1, 0.15) is 6.54 Å². The summed E-state index contributed by atoms with van der Waals surface area (Å²) in [6.45, 7) is 2.41. The first-order valence-corrected chi connectivity index (χ1v) is 9.78. The van der Waals surface area contributed by atoms with E-state index in [9.17, 15) is 19.2 Å². The van der Waals surface area contributed by atoms with E-state index in [4.69, 9.17) is 15.2 Å². The number of primary amides is 1. The van der Waals surface area contributed by atoms with E-state index in [2.05, 4.69) is 0 Å². The van der Waals surface area contributed by atoms with Crippen molar-refractivity contribution in [1.29, 1.82) is 0 Å². The molecule has 10 heteroatoms. The van der Waals surface area contributed by atoms with Crippen LogP contribution in [0.4, 0.5) is 0 Å². The Morgan fingerprint density at radius 1 is 1.07 bits per heavy atom. The summed E-state index contributed by atoms with van der Waals surface area (Å²) in [5.41, 5.74) is 4.63. The summed E-state index contributed by atoms with van der Waals surface area (Å²) in [6, 6.07) is 3.05. The van der Waals surface area contributed by atoms with E-state index in [0.29, 0.717) is 42.9 Å². The van der Waals surface area contributed by atoms with E-state index in [1.54, 1.807) is 11.8 Å². The first kappa shape index (κ1) is 21.4. The van der Waals surface area contributed by atoms with Gasteiger partial charge >= 0.3 is 5.69 Å². The fourth-order valence-corrected chi connectivity index (χ4v) is 3.82. The highest BCUT2D eigenvalue weighted by Crippen LogP contribution is 2.30. The van der Waals surface area contributed by atoms with Crippen LogP contribution in [-0.2, 0) is 22.7 Å². The minimum atomic E-state index is -0.567. The molecular formula is C20H26N4O6. The molecule has 2 aromatic rings. The van der Waals surface area contributed by atoms with Crippen molar-refractivity contribution in [1.82, 2.24) is 14.0 Å². The molecule has 3 rings (SSSR count). The zero-order valence-corrected chi connectivity index (χ0v) is 17.3. The van der Waals surface area contributed by atoms with Crippen LogP contribution in [0.2, 0.25) is 0 Å². The van der Waals surface area contributed by atoms with E-state index in [1.165, 1.54) is 30.9 Å². The van der Waals surface area contributed by atoms with Crippen molar-refractivity contribution in [3.05, 3.63) is 33.0 Å². The Labute approximate surface area is 172 Å². The predicted molar refractivity (Wildman–Crippen MR) is 110 cm³/mol. The lowest BCUT2D eigenvalue weighted by Crippen LogP contribution is -2.46. The number of aromatic nitrogens is 2. The van der Waals surface area contributed by atoms with Crippen LogP contribution in [-0.4, -0.2) is 53.2 Å². The van der Waals surface area contributed by atoms with E-state index in [0.717, 1.165) is 4.57 Å². The van der Waals surface area contributed by atoms with Crippen molar-refractivity contribution in [3.8, 4) is 11.5 Å². The molecule has 1 aliphatic heterocycles. The van der Waals surface area contributed by atoms with E-state index in [1.807, 2.05) is 0 Å². The van der Waals surface area contributed by atoms with Crippen LogP contribution >= 0.6 is 0 Å². The molecule has 0 saturated carbocycles. The second-order valence-corrected chi connectivity index (χ2v) is 7.20. The van der Waals surface area contributed by atoms with E-state index in [-0.39, 0.29) is 36.2 Å². The van der Waals surface area contributed by atoms with Gasteiger partial charge in [0.15, 0.2) is 11.5 Å². The van der Waals surface area contributed by atoms with Gasteiger partial charge in [-0.2, -0.15) is 0 Å². The average molecular weight is 418 g/mol. The molecule has 0 atom stereocenters. The van der Waals surface area contributed by atoms with Gasteiger partial charge in [0.25, 0.3) is 5.56 Å². The summed E-state index contributed by atoms with van der Waals surface area (Å²) in [5.74, 6) is -0.162. The molecule has 30 heavy (non-hydrogen) atoms. The summed E-state index contributed by atoms with van der Waals surface area (Å²) in [7, 11) is 2.91. The van der Waals surface area contributed by atoms with Crippen molar-refractivity contribution < 1.29 is 19.1 Å². The van der Waals surface area contributed by atoms with E-state index < -0.39 is 11.2 Å². The average Bonchev–Trinajstić information content (AvgIpc) is 2.75. The number of likely N-dealkylation sites (tertiary alicyclic amines) is 1. The summed E-state index contributed by atoms with van der Waals surface area (Å²) in [5, 5.41) is 0.259. The molecule has 1 saturated heterocycles. The van der Waals surface area contributed by atoms with Crippen molar-refractivity contribution in [2.75, 3.05) is 27.3 Å². The van der Waals surface area contributed by atoms with Crippen LogP contribution in [0.1, 0.15) is 19.8 Å². The monoisotopic (exact) mass is 418 g/mol. The number of ether oxygens (including phenoxy) is 2. The van der Waals surface area contributed by atoms with Crippen LogP contribution < -0.4 is 26.5 Å². The summed E-state index contributed by atoms with van der Waals surface area (Å²) >= 11 is 0. The number of carbonyl (C=O) groups excluding carboxylic acids is 2. The number of nitrogens with zero attached hydrogens (tertiary/aromatic N) is 3. The van der Waals surface area contributed by atoms with Gasteiger partial charge in [0.05, 0.1) is 25.1 Å². The highest BCUT2D eigenvalue weighted by Gasteiger charge is 2.27. The molecule has 1 aromatic heterocycles. The van der Waals surface area contributed by atoms with Gasteiger partial charge < -0.3 is 20.1 Å². The number of amides is 2. The number of fused-ring (bicyclic) bond motifs is 1. The molecule has 0 bridgehead atoms. The Balaban J connectivity index is 2.04. The normalized spacial score (nSPS) is 14.7. The number of methoxy groups -OCH3 is 2. The zero-order valence-electron chi connectivity index (χ0n) is 17.3. The van der Waals surface area contributed by atoms with Gasteiger partial charge in [-0.15, -0.1) is 0 Å². The number of rotatable bonds is 6. The van der Waals surface area contributed by atoms with Gasteiger partial charge in [-0.05, 0) is 25.8 Å². The number of nitrogens with two attached hydrogens (primary N) is 1. The zero-order chi connectivity index (χ0) is 22.0. The molecule has 2 heterocycles. The predicted octanol–water partition coefficient (Wildman–Crippen LogP) is -0.0758. The number of benzene rings is 1. The standard InChI is InChI=1S/C20H26N4O6/c1-4-23-19(27)13-9-15(29-2)16(30-3)10-14(13)24(20(23)28)11-17(25)22-7-5-12(6-8-22)18(21)26/h9-10,12H,4-8,11H2,1-3H3,(H2,21,26). The molecule has 10 nitrogen and oxygen atoms in total. The van der Waals surface area contributed by atoms with Crippen LogP contribution in [0.15, 0.2) is 21.7 Å². The minimum Gasteiger partial charge on any atom is -0.493 e. The van der Waals surface area contributed by atoms with Crippen molar-refractivity contribution in [2.24, 2.45) is 11.7 Å². The molecular weight excluding hydrogens is 392 g/mol. The first-order chi connectivity index (χ1) is 14.3. The number of hydrogen-bond acceptors (Lipinski definition) is 6. The molecule has 1 fully saturated rings. The molecule has 162 valence electrons. The topological polar surface area (TPSA) is 126 Å². The molecule has 0 unspecified atom stereocenters. The van der Waals surface area contributed by atoms with Crippen LogP contribution in [0, 0.1) is 5.92 Å². The van der Waals surface area contributed by atoms with Gasteiger partial charge in [0, 0.05) is 31.6 Å². The van der Waals surface area contributed by atoms with Gasteiger partial charge in [0.2, 0.25) is 11.8 Å². The van der Waals surface area contributed by atoms with Gasteiger partial charge in [-0.1, -0.05) is 0 Å². The van der Waals surface area contributed by atoms with Crippen molar-refractivity contribution in [3.63, 3.8) is 0 Å². The van der Waals surface area contributed by atoms with E-state index >= 15 is 0 Å². The molecule has 0 radical (unpaired) electrons. The highest BCUT2D eigenvalue weighted by molar-refractivity contribution is 5.85. The summed E-state index contributed by atoms with van der Waals surface area (Å²) in [4.78, 5) is 51.6. The molecule has 2 amide bonds. The van der Waals surface area contributed by atoms with Gasteiger partial charge in [-0.3, -0.25) is 23.5 Å². The van der Waals surface area contributed by atoms with Crippen LogP contribution in [0.25, 0.3) is 10.9 Å². The first-order valence-electron chi connectivity index (χ1n) is 9.78. The third kappa shape index (κ3) is 3.77. The second-order valence-electron chi connectivity index (χ2n) is 7.20. The smallest absolute Gasteiger partial charge is 0.331 e. The van der Waals surface area contributed by atoms with Gasteiger partial charge in [-0.25, -0.2) is 4.79 Å². The molecule has 2 N–H and O–H groups in total. The molecule has 0 spiro atoms. The van der Waals surface area contributed by atoms with Crippen LogP contribution in [0.3, 0.4) is 0 Å². The molecule has 0 aliphatic carbocycles. The maximum absolute atomic E-state index is 13.0. The Morgan fingerprint density at radius 3 is 2.20 bits per heavy atom. The lowest BCUT2D eigenvalue weighted by Gasteiger charge is -2.31. The lowest BCUT2D eigenvalue weighted by molar-refractivity contribution is -0.135. The SMILES string of the molecule is CCn1c(=O)c2cc(OC)c(OC)cc2n(CC(=O)N2CCC(C(N)=O)CC2)c1=O. The molecule has 1 aromatic carbocycles.